The van der Waals surface area contributed by atoms with Gasteiger partial charge in [0.25, 0.3) is 5.91 Å². The van der Waals surface area contributed by atoms with Gasteiger partial charge in [-0.25, -0.2) is 8.78 Å². The molecule has 1 unspecified atom stereocenters. The molecule has 5 nitrogen and oxygen atoms in total. The number of aliphatic hydroxyl groups is 1. The molecule has 0 aliphatic carbocycles. The lowest BCUT2D eigenvalue weighted by Crippen LogP contribution is -2.31. The summed E-state index contributed by atoms with van der Waals surface area (Å²) in [5.74, 6) is -3.83. The van der Waals surface area contributed by atoms with Crippen LogP contribution < -0.4 is 4.90 Å². The fourth-order valence-electron chi connectivity index (χ4n) is 2.87. The second-order valence-corrected chi connectivity index (χ2v) is 5.49. The molecule has 0 bridgehead atoms. The molecule has 0 saturated carbocycles. The number of hydrogen-bond acceptors (Lipinski definition) is 4. The lowest BCUT2D eigenvalue weighted by Gasteiger charge is -2.27. The number of benzene rings is 1. The van der Waals surface area contributed by atoms with E-state index >= 15 is 0 Å². The van der Waals surface area contributed by atoms with E-state index in [0.29, 0.717) is 11.6 Å². The topological polar surface area (TPSA) is 70.5 Å². The number of carbonyl (C=O) groups excluding carboxylic acids is 2. The SMILES string of the molecule is CCC(=O)C1=C(O)C(=O)N(c2ccc(F)cc2F)C1c1ccncc1. The van der Waals surface area contributed by atoms with E-state index in [0.717, 1.165) is 17.0 Å². The van der Waals surface area contributed by atoms with Gasteiger partial charge in [0.2, 0.25) is 0 Å². The van der Waals surface area contributed by atoms with E-state index in [-0.39, 0.29) is 17.7 Å². The molecule has 0 spiro atoms. The van der Waals surface area contributed by atoms with Crippen molar-refractivity contribution >= 4 is 17.4 Å². The van der Waals surface area contributed by atoms with E-state index in [1.165, 1.54) is 12.4 Å². The van der Waals surface area contributed by atoms with Crippen molar-refractivity contribution in [2.75, 3.05) is 4.90 Å². The maximum atomic E-state index is 14.3. The molecule has 25 heavy (non-hydrogen) atoms. The third kappa shape index (κ3) is 2.77. The highest BCUT2D eigenvalue weighted by Gasteiger charge is 2.44. The summed E-state index contributed by atoms with van der Waals surface area (Å²) in [4.78, 5) is 29.7. The number of rotatable bonds is 4. The molecule has 2 heterocycles. The van der Waals surface area contributed by atoms with Crippen LogP contribution in [0.25, 0.3) is 0 Å². The molecular formula is C18H14F2N2O3. The molecule has 128 valence electrons. The van der Waals surface area contributed by atoms with Crippen LogP contribution in [0.3, 0.4) is 0 Å². The second kappa shape index (κ2) is 6.43. The minimum atomic E-state index is -1.01. The largest absolute Gasteiger partial charge is 0.503 e. The molecule has 3 rings (SSSR count). The van der Waals surface area contributed by atoms with Gasteiger partial charge in [-0.3, -0.25) is 19.5 Å². The number of halogens is 2. The fourth-order valence-corrected chi connectivity index (χ4v) is 2.87. The highest BCUT2D eigenvalue weighted by atomic mass is 19.1. The van der Waals surface area contributed by atoms with Crippen LogP contribution in [0.5, 0.6) is 0 Å². The quantitative estimate of drug-likeness (QED) is 0.924. The van der Waals surface area contributed by atoms with Gasteiger partial charge < -0.3 is 5.11 Å². The molecule has 7 heteroatoms. The summed E-state index contributed by atoms with van der Waals surface area (Å²) in [6.45, 7) is 1.60. The number of Topliss-reactive ketones (excluding diaryl/α,β-unsaturated/α-hetero) is 1. The van der Waals surface area contributed by atoms with Gasteiger partial charge in [-0.2, -0.15) is 0 Å². The number of ketones is 1. The van der Waals surface area contributed by atoms with Gasteiger partial charge in [0.15, 0.2) is 11.5 Å². The highest BCUT2D eigenvalue weighted by molar-refractivity contribution is 6.16. The van der Waals surface area contributed by atoms with Crippen molar-refractivity contribution in [1.29, 1.82) is 0 Å². The zero-order chi connectivity index (χ0) is 18.1. The van der Waals surface area contributed by atoms with E-state index in [2.05, 4.69) is 4.98 Å². The van der Waals surface area contributed by atoms with Gasteiger partial charge in [-0.1, -0.05) is 6.92 Å². The number of aromatic nitrogens is 1. The van der Waals surface area contributed by atoms with Crippen molar-refractivity contribution in [3.63, 3.8) is 0 Å². The number of aliphatic hydroxyl groups excluding tert-OH is 1. The summed E-state index contributed by atoms with van der Waals surface area (Å²) in [7, 11) is 0. The van der Waals surface area contributed by atoms with Crippen molar-refractivity contribution in [2.45, 2.75) is 19.4 Å². The predicted molar refractivity (Wildman–Crippen MR) is 85.8 cm³/mol. The monoisotopic (exact) mass is 344 g/mol. The number of anilines is 1. The molecule has 0 saturated heterocycles. The summed E-state index contributed by atoms with van der Waals surface area (Å²) in [5, 5.41) is 10.2. The van der Waals surface area contributed by atoms with Gasteiger partial charge in [-0.05, 0) is 29.8 Å². The van der Waals surface area contributed by atoms with Crippen molar-refractivity contribution in [1.82, 2.24) is 4.98 Å². The lowest BCUT2D eigenvalue weighted by molar-refractivity contribution is -0.118. The molecule has 1 N–H and O–H groups in total. The van der Waals surface area contributed by atoms with Crippen LogP contribution in [0.4, 0.5) is 14.5 Å². The van der Waals surface area contributed by atoms with Crippen LogP contribution in [0, 0.1) is 11.6 Å². The zero-order valence-corrected chi connectivity index (χ0v) is 13.2. The Bertz CT molecular complexity index is 881. The second-order valence-electron chi connectivity index (χ2n) is 5.49. The minimum absolute atomic E-state index is 0.0635. The number of carbonyl (C=O) groups is 2. The van der Waals surface area contributed by atoms with Gasteiger partial charge >= 0.3 is 0 Å². The molecule has 1 aromatic heterocycles. The standard InChI is InChI=1S/C18H14F2N2O3/c1-2-14(23)15-16(10-5-7-21-8-6-10)22(18(25)17(15)24)13-4-3-11(19)9-12(13)20/h3-9,16,24H,2H2,1H3. The van der Waals surface area contributed by atoms with Gasteiger partial charge in [-0.15, -0.1) is 0 Å². The average molecular weight is 344 g/mol. The Labute approximate surface area is 142 Å². The molecule has 0 radical (unpaired) electrons. The van der Waals surface area contributed by atoms with Crippen LogP contribution in [-0.4, -0.2) is 21.8 Å². The summed E-state index contributed by atoms with van der Waals surface area (Å²) >= 11 is 0. The van der Waals surface area contributed by atoms with Crippen molar-refractivity contribution in [3.05, 3.63) is 71.3 Å². The Morgan fingerprint density at radius 1 is 1.24 bits per heavy atom. The van der Waals surface area contributed by atoms with Crippen LogP contribution >= 0.6 is 0 Å². The van der Waals surface area contributed by atoms with Crippen LogP contribution in [0.15, 0.2) is 54.1 Å². The number of pyridine rings is 1. The maximum Gasteiger partial charge on any atom is 0.294 e. The predicted octanol–water partition coefficient (Wildman–Crippen LogP) is 3.24. The van der Waals surface area contributed by atoms with Gasteiger partial charge in [0.1, 0.15) is 11.6 Å². The van der Waals surface area contributed by atoms with E-state index in [9.17, 15) is 23.5 Å². The van der Waals surface area contributed by atoms with Crippen molar-refractivity contribution in [3.8, 4) is 0 Å². The Balaban J connectivity index is 2.20. The first-order valence-corrected chi connectivity index (χ1v) is 7.60. The number of nitrogens with zero attached hydrogens (tertiary/aromatic N) is 2. The van der Waals surface area contributed by atoms with Crippen LogP contribution in [-0.2, 0) is 9.59 Å². The number of amides is 1. The van der Waals surface area contributed by atoms with Crippen LogP contribution in [0.1, 0.15) is 24.9 Å². The molecule has 1 aromatic carbocycles. The Kier molecular flexibility index (Phi) is 4.31. The van der Waals surface area contributed by atoms with Gasteiger partial charge in [0.05, 0.1) is 17.3 Å². The first kappa shape index (κ1) is 16.8. The highest BCUT2D eigenvalue weighted by Crippen LogP contribution is 2.41. The Morgan fingerprint density at radius 2 is 1.92 bits per heavy atom. The van der Waals surface area contributed by atoms with E-state index in [1.807, 2.05) is 0 Å². The smallest absolute Gasteiger partial charge is 0.294 e. The number of hydrogen-bond donors (Lipinski definition) is 1. The summed E-state index contributed by atoms with van der Waals surface area (Å²) < 4.78 is 27.5. The maximum absolute atomic E-state index is 14.3. The normalized spacial score (nSPS) is 17.3. The van der Waals surface area contributed by atoms with Crippen molar-refractivity contribution in [2.24, 2.45) is 0 Å². The van der Waals surface area contributed by atoms with E-state index < -0.39 is 35.1 Å². The molecule has 1 aliphatic rings. The molecule has 2 aromatic rings. The summed E-state index contributed by atoms with van der Waals surface area (Å²) in [6.07, 6.45) is 2.98. The summed E-state index contributed by atoms with van der Waals surface area (Å²) in [5.41, 5.74) is 0.147. The average Bonchev–Trinajstić information content (AvgIpc) is 2.87. The zero-order valence-electron chi connectivity index (χ0n) is 13.2. The third-order valence-corrected chi connectivity index (χ3v) is 4.02. The molecule has 1 aliphatic heterocycles. The minimum Gasteiger partial charge on any atom is -0.503 e. The first-order chi connectivity index (χ1) is 12.0. The third-order valence-electron chi connectivity index (χ3n) is 4.02. The fraction of sp³-hybridized carbons (Fsp3) is 0.167. The van der Waals surface area contributed by atoms with E-state index in [4.69, 9.17) is 0 Å². The molecular weight excluding hydrogens is 330 g/mol. The van der Waals surface area contributed by atoms with Crippen LogP contribution in [0.2, 0.25) is 0 Å². The Morgan fingerprint density at radius 3 is 2.52 bits per heavy atom. The lowest BCUT2D eigenvalue weighted by atomic mass is 9.95. The molecule has 1 atom stereocenters. The van der Waals surface area contributed by atoms with Gasteiger partial charge in [0, 0.05) is 24.9 Å². The van der Waals surface area contributed by atoms with E-state index in [1.54, 1.807) is 19.1 Å². The summed E-state index contributed by atoms with van der Waals surface area (Å²) in [6, 6.07) is 4.86. The van der Waals surface area contributed by atoms with Crippen molar-refractivity contribution < 1.29 is 23.5 Å². The first-order valence-electron chi connectivity index (χ1n) is 7.60. The Hall–Kier alpha value is -3.09. The molecule has 1 amide bonds. The molecule has 0 fully saturated rings.